The van der Waals surface area contributed by atoms with Gasteiger partial charge < -0.3 is 5.73 Å². The molecule has 4 rings (SSSR count). The lowest BCUT2D eigenvalue weighted by Gasteiger charge is -2.41. The van der Waals surface area contributed by atoms with E-state index in [-0.39, 0.29) is 0 Å². The number of nitrogens with two attached hydrogens (primary N) is 1. The van der Waals surface area contributed by atoms with Gasteiger partial charge in [0.2, 0.25) is 0 Å². The first kappa shape index (κ1) is 9.70. The summed E-state index contributed by atoms with van der Waals surface area (Å²) in [4.78, 5) is 0. The van der Waals surface area contributed by atoms with Crippen LogP contribution in [0.1, 0.15) is 26.2 Å². The van der Waals surface area contributed by atoms with E-state index in [1.54, 1.807) is 0 Å². The summed E-state index contributed by atoms with van der Waals surface area (Å²) in [6.07, 6.45) is 9.44. The predicted octanol–water partition coefficient (Wildman–Crippen LogP) is 2.68. The summed E-state index contributed by atoms with van der Waals surface area (Å²) in [5.41, 5.74) is 6.05. The van der Waals surface area contributed by atoms with E-state index in [1.165, 1.54) is 19.3 Å². The average Bonchev–Trinajstić information content (AvgIpc) is 3.03. The molecule has 0 radical (unpaired) electrons. The Labute approximate surface area is 98.5 Å². The second-order valence-corrected chi connectivity index (χ2v) is 6.64. The van der Waals surface area contributed by atoms with Crippen LogP contribution in [-0.2, 0) is 0 Å². The standard InChI is InChI=1S/C15H23N/c1-2-10-11-6-12(13(10)7-16)15-9-4-3-8(5-9)14(11)15/h3-4,8-15H,2,5-7,16H2,1H3. The molecule has 0 heterocycles. The highest BCUT2D eigenvalue weighted by atomic mass is 14.7. The molecule has 0 amide bonds. The predicted molar refractivity (Wildman–Crippen MR) is 65.6 cm³/mol. The van der Waals surface area contributed by atoms with Gasteiger partial charge in [-0.05, 0) is 66.7 Å². The van der Waals surface area contributed by atoms with Crippen molar-refractivity contribution < 1.29 is 0 Å². The van der Waals surface area contributed by atoms with E-state index in [9.17, 15) is 0 Å². The molecule has 8 unspecified atom stereocenters. The quantitative estimate of drug-likeness (QED) is 0.558. The van der Waals surface area contributed by atoms with Crippen LogP contribution in [0.25, 0.3) is 0 Å². The largest absolute Gasteiger partial charge is 0.330 e. The van der Waals surface area contributed by atoms with E-state index in [4.69, 9.17) is 5.73 Å². The lowest BCUT2D eigenvalue weighted by atomic mass is 9.64. The van der Waals surface area contributed by atoms with Crippen LogP contribution < -0.4 is 5.73 Å². The minimum atomic E-state index is 0.865. The zero-order chi connectivity index (χ0) is 10.9. The molecule has 3 fully saturated rings. The van der Waals surface area contributed by atoms with E-state index in [2.05, 4.69) is 19.1 Å². The van der Waals surface area contributed by atoms with Gasteiger partial charge in [-0.2, -0.15) is 0 Å². The summed E-state index contributed by atoms with van der Waals surface area (Å²) in [7, 11) is 0. The fourth-order valence-corrected chi connectivity index (χ4v) is 6.24. The van der Waals surface area contributed by atoms with Gasteiger partial charge in [0.25, 0.3) is 0 Å². The fourth-order valence-electron chi connectivity index (χ4n) is 6.24. The molecule has 88 valence electrons. The van der Waals surface area contributed by atoms with E-state index < -0.39 is 0 Å². The van der Waals surface area contributed by atoms with Crippen LogP contribution in [0.4, 0.5) is 0 Å². The Balaban J connectivity index is 1.71. The number of rotatable bonds is 2. The molecule has 0 aromatic rings. The highest BCUT2D eigenvalue weighted by molar-refractivity contribution is 5.21. The lowest BCUT2D eigenvalue weighted by Crippen LogP contribution is -2.39. The summed E-state index contributed by atoms with van der Waals surface area (Å²) in [5.74, 6) is 7.85. The monoisotopic (exact) mass is 217 g/mol. The first-order valence-corrected chi connectivity index (χ1v) is 7.23. The zero-order valence-electron chi connectivity index (χ0n) is 10.2. The Morgan fingerprint density at radius 3 is 2.19 bits per heavy atom. The van der Waals surface area contributed by atoms with E-state index in [1.807, 2.05) is 0 Å². The number of fused-ring (bicyclic) bond motifs is 9. The van der Waals surface area contributed by atoms with Crippen molar-refractivity contribution in [1.29, 1.82) is 0 Å². The van der Waals surface area contributed by atoms with Crippen LogP contribution in [0.5, 0.6) is 0 Å². The highest BCUT2D eigenvalue weighted by Crippen LogP contribution is 2.68. The number of allylic oxidation sites excluding steroid dienone is 2. The smallest absolute Gasteiger partial charge is 0.00433 e. The molecule has 8 atom stereocenters. The van der Waals surface area contributed by atoms with Crippen molar-refractivity contribution >= 4 is 0 Å². The minimum absolute atomic E-state index is 0.865. The van der Waals surface area contributed by atoms with Crippen molar-refractivity contribution in [2.75, 3.05) is 6.54 Å². The Kier molecular flexibility index (Phi) is 1.90. The molecular formula is C15H23N. The average molecular weight is 217 g/mol. The van der Waals surface area contributed by atoms with Crippen molar-refractivity contribution in [2.24, 2.45) is 53.1 Å². The molecule has 0 saturated heterocycles. The summed E-state index contributed by atoms with van der Waals surface area (Å²) < 4.78 is 0. The molecule has 1 nitrogen and oxygen atoms in total. The Bertz CT molecular complexity index is 304. The number of hydrogen-bond donors (Lipinski definition) is 1. The third-order valence-corrected chi connectivity index (χ3v) is 6.51. The van der Waals surface area contributed by atoms with E-state index >= 15 is 0 Å². The maximum Gasteiger partial charge on any atom is -0.00433 e. The zero-order valence-corrected chi connectivity index (χ0v) is 10.2. The van der Waals surface area contributed by atoms with Crippen molar-refractivity contribution in [1.82, 2.24) is 0 Å². The molecule has 4 aliphatic rings. The molecule has 16 heavy (non-hydrogen) atoms. The molecule has 0 aromatic carbocycles. The van der Waals surface area contributed by atoms with E-state index in [0.29, 0.717) is 0 Å². The van der Waals surface area contributed by atoms with Gasteiger partial charge in [-0.3, -0.25) is 0 Å². The fraction of sp³-hybridized carbons (Fsp3) is 0.867. The Morgan fingerprint density at radius 2 is 1.62 bits per heavy atom. The molecule has 4 bridgehead atoms. The molecule has 2 N–H and O–H groups in total. The van der Waals surface area contributed by atoms with Crippen LogP contribution in [-0.4, -0.2) is 6.54 Å². The summed E-state index contributed by atoms with van der Waals surface area (Å²) in [6.45, 7) is 3.33. The maximum atomic E-state index is 6.05. The Morgan fingerprint density at radius 1 is 1.00 bits per heavy atom. The van der Waals surface area contributed by atoms with Gasteiger partial charge in [-0.25, -0.2) is 0 Å². The van der Waals surface area contributed by atoms with Gasteiger partial charge in [-0.15, -0.1) is 0 Å². The summed E-state index contributed by atoms with van der Waals surface area (Å²) in [5, 5.41) is 0. The van der Waals surface area contributed by atoms with Crippen molar-refractivity contribution in [3.8, 4) is 0 Å². The van der Waals surface area contributed by atoms with Gasteiger partial charge in [0.05, 0.1) is 0 Å². The van der Waals surface area contributed by atoms with Gasteiger partial charge in [0.15, 0.2) is 0 Å². The van der Waals surface area contributed by atoms with Crippen LogP contribution >= 0.6 is 0 Å². The van der Waals surface area contributed by atoms with Crippen LogP contribution in [0, 0.1) is 47.3 Å². The number of hydrogen-bond acceptors (Lipinski definition) is 1. The molecule has 0 aromatic heterocycles. The summed E-state index contributed by atoms with van der Waals surface area (Å²) >= 11 is 0. The first-order chi connectivity index (χ1) is 7.85. The second-order valence-electron chi connectivity index (χ2n) is 6.64. The van der Waals surface area contributed by atoms with Gasteiger partial charge in [0, 0.05) is 0 Å². The SMILES string of the molecule is CCC1C(CN)C2CC1C1C3C=CC(C3)C21. The van der Waals surface area contributed by atoms with E-state index in [0.717, 1.165) is 53.9 Å². The van der Waals surface area contributed by atoms with Crippen LogP contribution in [0.15, 0.2) is 12.2 Å². The Hall–Kier alpha value is -0.300. The molecule has 1 heteroatoms. The molecular weight excluding hydrogens is 194 g/mol. The highest BCUT2D eigenvalue weighted by Gasteiger charge is 2.63. The topological polar surface area (TPSA) is 26.0 Å². The van der Waals surface area contributed by atoms with Crippen molar-refractivity contribution in [2.45, 2.75) is 26.2 Å². The molecule has 0 aliphatic heterocycles. The van der Waals surface area contributed by atoms with Crippen LogP contribution in [0.2, 0.25) is 0 Å². The minimum Gasteiger partial charge on any atom is -0.330 e. The van der Waals surface area contributed by atoms with Gasteiger partial charge in [-0.1, -0.05) is 25.5 Å². The van der Waals surface area contributed by atoms with Gasteiger partial charge in [0.1, 0.15) is 0 Å². The van der Waals surface area contributed by atoms with Gasteiger partial charge >= 0.3 is 0 Å². The van der Waals surface area contributed by atoms with Crippen molar-refractivity contribution in [3.63, 3.8) is 0 Å². The molecule has 0 spiro atoms. The third-order valence-electron chi connectivity index (χ3n) is 6.51. The molecule has 3 saturated carbocycles. The second kappa shape index (κ2) is 3.13. The third kappa shape index (κ3) is 0.932. The van der Waals surface area contributed by atoms with Crippen LogP contribution in [0.3, 0.4) is 0 Å². The normalized spacial score (nSPS) is 60.9. The lowest BCUT2D eigenvalue weighted by molar-refractivity contribution is 0.0897. The van der Waals surface area contributed by atoms with Crippen molar-refractivity contribution in [3.05, 3.63) is 12.2 Å². The molecule has 4 aliphatic carbocycles. The first-order valence-electron chi connectivity index (χ1n) is 7.23. The maximum absolute atomic E-state index is 6.05. The summed E-state index contributed by atoms with van der Waals surface area (Å²) in [6, 6.07) is 0.